The Balaban J connectivity index is 1.79. The highest BCUT2D eigenvalue weighted by Crippen LogP contribution is 2.41. The van der Waals surface area contributed by atoms with Crippen molar-refractivity contribution < 1.29 is 17.9 Å². The van der Waals surface area contributed by atoms with Crippen molar-refractivity contribution in [3.63, 3.8) is 0 Å². The van der Waals surface area contributed by atoms with E-state index in [0.717, 1.165) is 5.56 Å². The van der Waals surface area contributed by atoms with Gasteiger partial charge in [-0.2, -0.15) is 0 Å². The number of ether oxygens (including phenoxy) is 1. The minimum atomic E-state index is -0.699. The van der Waals surface area contributed by atoms with Crippen LogP contribution in [0.3, 0.4) is 0 Å². The average Bonchev–Trinajstić information content (AvgIpc) is 3.34. The maximum atomic E-state index is 15.5. The summed E-state index contributed by atoms with van der Waals surface area (Å²) in [5.74, 6) is -1.73. The van der Waals surface area contributed by atoms with E-state index in [-0.39, 0.29) is 34.6 Å². The van der Waals surface area contributed by atoms with E-state index < -0.39 is 29.1 Å². The Kier molecular flexibility index (Phi) is 6.92. The summed E-state index contributed by atoms with van der Waals surface area (Å²) in [6.07, 6.45) is -0.129. The third-order valence-electron chi connectivity index (χ3n) is 7.06. The van der Waals surface area contributed by atoms with Gasteiger partial charge in [0.1, 0.15) is 11.6 Å². The topological polar surface area (TPSA) is 55.1 Å². The Labute approximate surface area is 222 Å². The SMILES string of the molecule is COc1cccc(-c2c(C)c(Cc3c(F)cccc3F)c3n(c2=O)C(C(=N)c2ccccc2C)CS3)c1F. The number of nitrogens with zero attached hydrogens (tertiary/aromatic N) is 1. The zero-order chi connectivity index (χ0) is 27.1. The molecule has 1 unspecified atom stereocenters. The summed E-state index contributed by atoms with van der Waals surface area (Å²) >= 11 is 1.37. The van der Waals surface area contributed by atoms with Crippen LogP contribution < -0.4 is 10.3 Å². The van der Waals surface area contributed by atoms with Crippen molar-refractivity contribution >= 4 is 17.5 Å². The van der Waals surface area contributed by atoms with E-state index in [2.05, 4.69) is 0 Å². The molecular formula is C30H25F3N2O2S. The fraction of sp³-hybridized carbons (Fsp3) is 0.200. The maximum Gasteiger partial charge on any atom is 0.260 e. The normalized spacial score (nSPS) is 14.4. The Morgan fingerprint density at radius 3 is 2.37 bits per heavy atom. The standard InChI is InChI=1S/C30H25F3N2O2S/c1-16-8-4-5-9-18(16)28(34)24-15-38-30-20(14-21-22(31)11-7-12-23(21)32)17(2)26(29(36)35(24)30)19-10-6-13-25(37-3)27(19)33/h4-13,24,34H,14-15H2,1-3H3. The molecule has 0 spiro atoms. The number of nitrogens with one attached hydrogen (secondary N) is 1. The molecule has 5 rings (SSSR count). The molecule has 0 radical (unpaired) electrons. The van der Waals surface area contributed by atoms with Crippen LogP contribution in [-0.4, -0.2) is 23.1 Å². The van der Waals surface area contributed by atoms with E-state index in [1.165, 1.54) is 53.8 Å². The van der Waals surface area contributed by atoms with Crippen molar-refractivity contribution in [1.29, 1.82) is 5.41 Å². The molecule has 4 nitrogen and oxygen atoms in total. The van der Waals surface area contributed by atoms with Gasteiger partial charge in [-0.1, -0.05) is 42.5 Å². The van der Waals surface area contributed by atoms with Crippen LogP contribution in [0.1, 0.15) is 33.9 Å². The summed E-state index contributed by atoms with van der Waals surface area (Å²) in [4.78, 5) is 14.1. The molecule has 0 saturated heterocycles. The fourth-order valence-electron chi connectivity index (χ4n) is 5.03. The molecule has 1 atom stereocenters. The number of benzene rings is 3. The van der Waals surface area contributed by atoms with Crippen LogP contribution in [0, 0.1) is 36.7 Å². The van der Waals surface area contributed by atoms with E-state index in [1.807, 2.05) is 31.2 Å². The molecule has 0 aliphatic carbocycles. The summed E-state index contributed by atoms with van der Waals surface area (Å²) in [7, 11) is 1.34. The lowest BCUT2D eigenvalue weighted by Gasteiger charge is -2.22. The van der Waals surface area contributed by atoms with Gasteiger partial charge in [-0.25, -0.2) is 13.2 Å². The largest absolute Gasteiger partial charge is 0.494 e. The third-order valence-corrected chi connectivity index (χ3v) is 8.26. The van der Waals surface area contributed by atoms with Gasteiger partial charge < -0.3 is 10.1 Å². The summed E-state index contributed by atoms with van der Waals surface area (Å²) < 4.78 is 51.6. The molecule has 1 N–H and O–H groups in total. The van der Waals surface area contributed by atoms with E-state index in [4.69, 9.17) is 10.1 Å². The smallest absolute Gasteiger partial charge is 0.260 e. The highest BCUT2D eigenvalue weighted by atomic mass is 32.2. The van der Waals surface area contributed by atoms with Gasteiger partial charge in [-0.05, 0) is 48.7 Å². The number of pyridine rings is 1. The Morgan fingerprint density at radius 1 is 1.00 bits per heavy atom. The van der Waals surface area contributed by atoms with Crippen LogP contribution in [0.15, 0.2) is 70.5 Å². The van der Waals surface area contributed by atoms with Crippen LogP contribution in [0.25, 0.3) is 11.1 Å². The second-order valence-corrected chi connectivity index (χ2v) is 10.2. The van der Waals surface area contributed by atoms with Crippen LogP contribution in [0.4, 0.5) is 13.2 Å². The number of halogens is 3. The molecule has 8 heteroatoms. The van der Waals surface area contributed by atoms with Crippen molar-refractivity contribution in [2.45, 2.75) is 31.3 Å². The maximum absolute atomic E-state index is 15.5. The first-order valence-electron chi connectivity index (χ1n) is 12.1. The first kappa shape index (κ1) is 25.9. The van der Waals surface area contributed by atoms with Gasteiger partial charge in [0.2, 0.25) is 0 Å². The van der Waals surface area contributed by atoms with Gasteiger partial charge in [-0.3, -0.25) is 9.36 Å². The van der Waals surface area contributed by atoms with E-state index >= 15 is 4.39 Å². The molecule has 0 amide bonds. The predicted octanol–water partition coefficient (Wildman–Crippen LogP) is 6.86. The number of aromatic nitrogens is 1. The van der Waals surface area contributed by atoms with Crippen molar-refractivity contribution in [1.82, 2.24) is 4.57 Å². The Morgan fingerprint density at radius 2 is 1.68 bits per heavy atom. The van der Waals surface area contributed by atoms with Gasteiger partial charge >= 0.3 is 0 Å². The zero-order valence-electron chi connectivity index (χ0n) is 21.1. The van der Waals surface area contributed by atoms with Crippen LogP contribution in [0.5, 0.6) is 5.75 Å². The molecule has 0 fully saturated rings. The van der Waals surface area contributed by atoms with E-state index in [0.29, 0.717) is 27.5 Å². The molecule has 2 heterocycles. The molecule has 1 aliphatic rings. The highest BCUT2D eigenvalue weighted by molar-refractivity contribution is 7.99. The minimum Gasteiger partial charge on any atom is -0.494 e. The molecule has 194 valence electrons. The van der Waals surface area contributed by atoms with Crippen LogP contribution in [-0.2, 0) is 6.42 Å². The fourth-order valence-corrected chi connectivity index (χ4v) is 6.41. The number of thioether (sulfide) groups is 1. The van der Waals surface area contributed by atoms with Crippen molar-refractivity contribution in [3.8, 4) is 16.9 Å². The summed E-state index contributed by atoms with van der Waals surface area (Å²) in [5.41, 5.74) is 2.33. The average molecular weight is 535 g/mol. The lowest BCUT2D eigenvalue weighted by molar-refractivity contribution is 0.387. The lowest BCUT2D eigenvalue weighted by Crippen LogP contribution is -2.32. The number of rotatable bonds is 6. The van der Waals surface area contributed by atoms with Crippen molar-refractivity contribution in [3.05, 3.63) is 116 Å². The summed E-state index contributed by atoms with van der Waals surface area (Å²) in [6.45, 7) is 3.57. The number of methoxy groups -OCH3 is 1. The van der Waals surface area contributed by atoms with Crippen molar-refractivity contribution in [2.24, 2.45) is 0 Å². The zero-order valence-corrected chi connectivity index (χ0v) is 21.9. The molecule has 1 aliphatic heterocycles. The van der Waals surface area contributed by atoms with Crippen LogP contribution >= 0.6 is 11.8 Å². The molecule has 0 bridgehead atoms. The van der Waals surface area contributed by atoms with Gasteiger partial charge in [0, 0.05) is 28.9 Å². The molecule has 0 saturated carbocycles. The highest BCUT2D eigenvalue weighted by Gasteiger charge is 2.34. The van der Waals surface area contributed by atoms with Gasteiger partial charge in [-0.15, -0.1) is 11.8 Å². The first-order valence-corrected chi connectivity index (χ1v) is 13.0. The molecule has 1 aromatic heterocycles. The Hall–Kier alpha value is -3.78. The Bertz CT molecular complexity index is 1630. The molecule has 4 aromatic rings. The predicted molar refractivity (Wildman–Crippen MR) is 144 cm³/mol. The van der Waals surface area contributed by atoms with E-state index in [9.17, 15) is 13.6 Å². The lowest BCUT2D eigenvalue weighted by atomic mass is 9.93. The molecule has 3 aromatic carbocycles. The number of hydrogen-bond donors (Lipinski definition) is 1. The van der Waals surface area contributed by atoms with Gasteiger partial charge in [0.25, 0.3) is 5.56 Å². The summed E-state index contributed by atoms with van der Waals surface area (Å²) in [5, 5.41) is 9.54. The minimum absolute atomic E-state index is 0.0212. The molecule has 38 heavy (non-hydrogen) atoms. The number of fused-ring (bicyclic) bond motifs is 1. The second-order valence-electron chi connectivity index (χ2n) is 9.21. The van der Waals surface area contributed by atoms with Gasteiger partial charge in [0.05, 0.1) is 29.5 Å². The van der Waals surface area contributed by atoms with Crippen LogP contribution in [0.2, 0.25) is 0 Å². The van der Waals surface area contributed by atoms with Crippen molar-refractivity contribution in [2.75, 3.05) is 12.9 Å². The third kappa shape index (κ3) is 4.22. The number of hydrogen-bond acceptors (Lipinski definition) is 4. The molecular weight excluding hydrogens is 509 g/mol. The monoisotopic (exact) mass is 534 g/mol. The summed E-state index contributed by atoms with van der Waals surface area (Å²) in [6, 6.07) is 15.0. The van der Waals surface area contributed by atoms with Gasteiger partial charge in [0.15, 0.2) is 11.6 Å². The first-order chi connectivity index (χ1) is 18.2. The second kappa shape index (κ2) is 10.2. The number of aryl methyl sites for hydroxylation is 1. The quantitative estimate of drug-likeness (QED) is 0.275. The van der Waals surface area contributed by atoms with E-state index in [1.54, 1.807) is 13.0 Å².